The molecule has 0 radical (unpaired) electrons. The van der Waals surface area contributed by atoms with Gasteiger partial charge in [0.2, 0.25) is 0 Å². The van der Waals surface area contributed by atoms with Gasteiger partial charge >= 0.3 is 26.2 Å². The van der Waals surface area contributed by atoms with Crippen LogP contribution in [0.5, 0.6) is 0 Å². The second-order valence-corrected chi connectivity index (χ2v) is 6.15. The molecule has 0 unspecified atom stereocenters. The maximum absolute atomic E-state index is 3.38. The molecule has 3 aromatic rings. The van der Waals surface area contributed by atoms with Gasteiger partial charge in [-0.15, -0.1) is 42.4 Å². The van der Waals surface area contributed by atoms with Crippen LogP contribution in [0.15, 0.2) is 54.6 Å². The predicted octanol–water partition coefficient (Wildman–Crippen LogP) is 6.00. The van der Waals surface area contributed by atoms with Gasteiger partial charge in [-0.2, -0.15) is 30.3 Å². The Morgan fingerprint density at radius 1 is 1.12 bits per heavy atom. The Morgan fingerprint density at radius 3 is 2.58 bits per heavy atom. The molecule has 26 heavy (non-hydrogen) atoms. The van der Waals surface area contributed by atoms with Gasteiger partial charge in [-0.25, -0.2) is 12.2 Å². The van der Waals surface area contributed by atoms with Crippen LogP contribution < -0.4 is 0 Å². The van der Waals surface area contributed by atoms with E-state index in [2.05, 4.69) is 67.1 Å². The van der Waals surface area contributed by atoms with Gasteiger partial charge in [-0.3, -0.25) is 6.08 Å². The van der Waals surface area contributed by atoms with E-state index >= 15 is 0 Å². The summed E-state index contributed by atoms with van der Waals surface area (Å²) in [5.74, 6) is 0. The Morgan fingerprint density at radius 2 is 1.92 bits per heavy atom. The van der Waals surface area contributed by atoms with E-state index in [9.17, 15) is 0 Å². The third kappa shape index (κ3) is 4.09. The largest absolute Gasteiger partial charge is 2.00 e. The van der Waals surface area contributed by atoms with Crippen molar-refractivity contribution in [3.63, 3.8) is 0 Å². The van der Waals surface area contributed by atoms with Crippen LogP contribution in [0.3, 0.4) is 0 Å². The molecule has 1 aromatic heterocycles. The van der Waals surface area contributed by atoms with Crippen molar-refractivity contribution in [2.75, 3.05) is 0 Å². The van der Waals surface area contributed by atoms with Gasteiger partial charge in [0.15, 0.2) is 0 Å². The van der Waals surface area contributed by atoms with Crippen molar-refractivity contribution in [2.24, 2.45) is 7.05 Å². The maximum Gasteiger partial charge on any atom is 2.00 e. The summed E-state index contributed by atoms with van der Waals surface area (Å²) in [5, 5.41) is 1.40. The minimum atomic E-state index is 0. The number of hydrogen-bond donors (Lipinski definition) is 0. The first-order valence-corrected chi connectivity index (χ1v) is 8.05. The third-order valence-electron chi connectivity index (χ3n) is 4.60. The second-order valence-electron chi connectivity index (χ2n) is 6.15. The van der Waals surface area contributed by atoms with Gasteiger partial charge in [0, 0.05) is 18.0 Å². The monoisotopic (exact) mass is 459 g/mol. The molecule has 1 heterocycles. The molecule has 1 nitrogen and oxygen atoms in total. The number of fused-ring (bicyclic) bond motifs is 5. The van der Waals surface area contributed by atoms with Crippen LogP contribution in [-0.4, -0.2) is 4.57 Å². The predicted molar refractivity (Wildman–Crippen MR) is 111 cm³/mol. The van der Waals surface area contributed by atoms with Gasteiger partial charge in [0.05, 0.1) is 0 Å². The molecule has 0 saturated carbocycles. The quantitative estimate of drug-likeness (QED) is 0.283. The van der Waals surface area contributed by atoms with Crippen LogP contribution in [0.4, 0.5) is 0 Å². The normalized spacial score (nSPS) is 12.2. The number of aromatic nitrogens is 1. The molecule has 0 fully saturated rings. The van der Waals surface area contributed by atoms with E-state index in [0.29, 0.717) is 0 Å². The number of rotatable bonds is 0. The molecule has 2 aliphatic rings. The summed E-state index contributed by atoms with van der Waals surface area (Å²) in [7, 11) is 2.17. The van der Waals surface area contributed by atoms with E-state index < -0.39 is 0 Å². The molecule has 2 aliphatic carbocycles. The minimum absolute atomic E-state index is 0. The third-order valence-corrected chi connectivity index (χ3v) is 4.60. The van der Waals surface area contributed by atoms with Gasteiger partial charge in [0.25, 0.3) is 0 Å². The summed E-state index contributed by atoms with van der Waals surface area (Å²) < 4.78 is 2.32. The molecular weight excluding hydrogens is 440 g/mol. The van der Waals surface area contributed by atoms with E-state index in [4.69, 9.17) is 0 Å². The summed E-state index contributed by atoms with van der Waals surface area (Å²) in [4.78, 5) is 0. The molecule has 0 saturated heterocycles. The Hall–Kier alpha value is -1.08. The van der Waals surface area contributed by atoms with Crippen LogP contribution in [0.1, 0.15) is 23.1 Å². The van der Waals surface area contributed by atoms with Crippen LogP contribution in [0.2, 0.25) is 0 Å². The summed E-state index contributed by atoms with van der Waals surface area (Å²) in [6.45, 7) is 2.16. The summed E-state index contributed by atoms with van der Waals surface area (Å²) in [6.07, 6.45) is 11.0. The zero-order valence-electron chi connectivity index (χ0n) is 14.9. The average molecular weight is 462 g/mol. The Bertz CT molecular complexity index is 944. The molecule has 5 rings (SSSR count). The van der Waals surface area contributed by atoms with Gasteiger partial charge < -0.3 is 4.57 Å². The molecule has 0 amide bonds. The van der Waals surface area contributed by atoms with Gasteiger partial charge in [0.1, 0.15) is 0 Å². The first-order chi connectivity index (χ1) is 11.3. The van der Waals surface area contributed by atoms with Crippen molar-refractivity contribution in [2.45, 2.75) is 19.8 Å². The fourth-order valence-electron chi connectivity index (χ4n) is 3.51. The molecule has 2 aromatic carbocycles. The summed E-state index contributed by atoms with van der Waals surface area (Å²) in [6, 6.07) is 16.4. The number of allylic oxidation sites excluding steroid dienone is 4. The summed E-state index contributed by atoms with van der Waals surface area (Å²) in [5.41, 5.74) is 8.19. The van der Waals surface area contributed by atoms with Crippen LogP contribution in [0.25, 0.3) is 22.2 Å². The van der Waals surface area contributed by atoms with Crippen molar-refractivity contribution >= 4 is 35.7 Å². The van der Waals surface area contributed by atoms with E-state index in [1.165, 1.54) is 38.9 Å². The molecule has 0 spiro atoms. The SMILES string of the molecule is Cc1ccc2c(c1)c1c(n2C)-c2ccc[c-]c2C1.Cl.Cl.[C-]1=CC=CC1.[Zr+2]. The van der Waals surface area contributed by atoms with Crippen molar-refractivity contribution < 1.29 is 26.2 Å². The van der Waals surface area contributed by atoms with Gasteiger partial charge in [-0.1, -0.05) is 11.6 Å². The Kier molecular flexibility index (Phi) is 8.60. The summed E-state index contributed by atoms with van der Waals surface area (Å²) >= 11 is 0. The smallest absolute Gasteiger partial charge is 0.354 e. The second kappa shape index (κ2) is 9.74. The van der Waals surface area contributed by atoms with E-state index in [1.807, 2.05) is 18.2 Å². The fraction of sp³-hybridized carbons (Fsp3) is 0.182. The topological polar surface area (TPSA) is 4.93 Å². The Balaban J connectivity index is 0.000000372. The molecule has 132 valence electrons. The number of nitrogens with zero attached hydrogens (tertiary/aromatic N) is 1. The maximum atomic E-state index is 3.38. The van der Waals surface area contributed by atoms with Crippen molar-refractivity contribution in [3.8, 4) is 11.3 Å². The molecular formula is C22H21Cl2NZr. The molecule has 0 bridgehead atoms. The number of benzene rings is 2. The molecule has 4 heteroatoms. The van der Waals surface area contributed by atoms with Crippen LogP contribution in [0, 0.1) is 19.1 Å². The van der Waals surface area contributed by atoms with Gasteiger partial charge in [-0.05, 0) is 36.7 Å². The van der Waals surface area contributed by atoms with Crippen LogP contribution >= 0.6 is 24.8 Å². The van der Waals surface area contributed by atoms with Crippen molar-refractivity contribution in [1.82, 2.24) is 4.57 Å². The first-order valence-electron chi connectivity index (χ1n) is 8.05. The zero-order chi connectivity index (χ0) is 15.8. The first kappa shape index (κ1) is 23.0. The fourth-order valence-corrected chi connectivity index (χ4v) is 3.51. The standard InChI is InChI=1S/C17H14N.C5H5.2ClH.Zr/c1-11-7-8-16-14(9-11)15-10-12-5-3-4-6-13(12)17(15)18(16)2;1-2-4-5-3-1;;;/h3-4,6-9H,10H2,1-2H3;1-3H,4H2;2*1H;/q2*-1;;;+2. The zero-order valence-corrected chi connectivity index (χ0v) is 19.0. The molecule has 0 aliphatic heterocycles. The van der Waals surface area contributed by atoms with Crippen molar-refractivity contribution in [3.05, 3.63) is 83.5 Å². The van der Waals surface area contributed by atoms with E-state index in [-0.39, 0.29) is 51.0 Å². The molecule has 0 atom stereocenters. The number of hydrogen-bond acceptors (Lipinski definition) is 0. The average Bonchev–Trinajstić information content (AvgIpc) is 3.28. The van der Waals surface area contributed by atoms with E-state index in [0.717, 1.165) is 12.8 Å². The molecule has 0 N–H and O–H groups in total. The Labute approximate surface area is 187 Å². The number of aryl methyl sites for hydroxylation is 2. The number of halogens is 2. The van der Waals surface area contributed by atoms with Crippen molar-refractivity contribution in [1.29, 1.82) is 0 Å². The van der Waals surface area contributed by atoms with Crippen LogP contribution in [-0.2, 0) is 39.7 Å². The van der Waals surface area contributed by atoms with E-state index in [1.54, 1.807) is 0 Å². The minimum Gasteiger partial charge on any atom is -0.354 e.